The number of hydrogen-bond acceptors (Lipinski definition) is 5. The summed E-state index contributed by atoms with van der Waals surface area (Å²) in [6, 6.07) is 5.50. The van der Waals surface area contributed by atoms with Crippen LogP contribution < -0.4 is 9.92 Å². The Kier molecular flexibility index (Phi) is 3.81. The predicted molar refractivity (Wildman–Crippen MR) is 71.4 cm³/mol. The molecule has 2 N–H and O–H groups in total. The summed E-state index contributed by atoms with van der Waals surface area (Å²) >= 11 is 1.26. The lowest BCUT2D eigenvalue weighted by Gasteiger charge is -2.10. The number of ether oxygens (including phenoxy) is 1. The van der Waals surface area contributed by atoms with Crippen molar-refractivity contribution in [3.63, 3.8) is 0 Å². The smallest absolute Gasteiger partial charge is 0.190 e. The summed E-state index contributed by atoms with van der Waals surface area (Å²) in [5.41, 5.74) is 1.28. The van der Waals surface area contributed by atoms with Gasteiger partial charge < -0.3 is 14.9 Å². The second-order valence-corrected chi connectivity index (χ2v) is 5.55. The molecule has 0 aliphatic carbocycles. The quantitative estimate of drug-likeness (QED) is 0.647. The van der Waals surface area contributed by atoms with Gasteiger partial charge in [-0.1, -0.05) is 17.3 Å². The Bertz CT molecular complexity index is 568. The molecule has 3 radical (unpaired) electrons. The van der Waals surface area contributed by atoms with E-state index < -0.39 is 6.29 Å². The minimum Gasteiger partial charge on any atom is -0.496 e. The van der Waals surface area contributed by atoms with E-state index in [2.05, 4.69) is 15.2 Å². The normalized spacial score (nSPS) is 11.0. The minimum atomic E-state index is -1.53. The third kappa shape index (κ3) is 2.46. The van der Waals surface area contributed by atoms with Gasteiger partial charge in [0.05, 0.1) is 32.9 Å². The number of aryl methyl sites for hydroxylation is 1. The molecule has 0 saturated heterocycles. The number of aromatic nitrogens is 1. The molecule has 0 fully saturated rings. The molecule has 0 amide bonds. The van der Waals surface area contributed by atoms with Crippen molar-refractivity contribution in [2.24, 2.45) is 0 Å². The fraction of sp³-hybridized carbons (Fsp3) is 0.250. The van der Waals surface area contributed by atoms with Crippen molar-refractivity contribution in [1.29, 1.82) is 0 Å². The molecule has 93 valence electrons. The highest BCUT2D eigenvalue weighted by atomic mass is 32.1. The van der Waals surface area contributed by atoms with Crippen LogP contribution in [0.4, 0.5) is 0 Å². The molecule has 0 bridgehead atoms. The molecule has 0 saturated carbocycles. The Morgan fingerprint density at radius 3 is 2.72 bits per heavy atom. The van der Waals surface area contributed by atoms with E-state index in [-0.39, 0.29) is 0 Å². The van der Waals surface area contributed by atoms with Gasteiger partial charge in [0.15, 0.2) is 6.29 Å². The summed E-state index contributed by atoms with van der Waals surface area (Å²) in [5, 5.41) is 20.4. The van der Waals surface area contributed by atoms with Crippen molar-refractivity contribution in [2.75, 3.05) is 7.11 Å². The third-order valence-corrected chi connectivity index (χ3v) is 3.77. The zero-order valence-corrected chi connectivity index (χ0v) is 11.8. The topological polar surface area (TPSA) is 62.6 Å². The van der Waals surface area contributed by atoms with Crippen LogP contribution >= 0.6 is 11.3 Å². The Morgan fingerprint density at radius 1 is 1.39 bits per heavy atom. The first-order valence-electron chi connectivity index (χ1n) is 5.26. The van der Waals surface area contributed by atoms with E-state index in [0.29, 0.717) is 16.3 Å². The second kappa shape index (κ2) is 5.19. The van der Waals surface area contributed by atoms with Crippen LogP contribution in [-0.2, 0) is 0 Å². The standard InChI is InChI=1S/C12H12NO3SSi/c1-6-13-10(11(17-6)12(14)15)8-5-7(18)3-4-9(8)16-2/h3-5,12,14-15H,1-2H3. The summed E-state index contributed by atoms with van der Waals surface area (Å²) in [6.45, 7) is 1.82. The van der Waals surface area contributed by atoms with Crippen LogP contribution in [0.1, 0.15) is 16.2 Å². The maximum absolute atomic E-state index is 9.39. The maximum atomic E-state index is 9.39. The Labute approximate surface area is 112 Å². The minimum absolute atomic E-state index is 0.420. The molecule has 2 rings (SSSR count). The first-order chi connectivity index (χ1) is 8.52. The van der Waals surface area contributed by atoms with Gasteiger partial charge in [0.2, 0.25) is 0 Å². The molecule has 1 aromatic carbocycles. The van der Waals surface area contributed by atoms with E-state index in [1.807, 2.05) is 19.1 Å². The lowest BCUT2D eigenvalue weighted by atomic mass is 10.1. The summed E-state index contributed by atoms with van der Waals surface area (Å²) < 4.78 is 5.28. The molecule has 0 spiro atoms. The van der Waals surface area contributed by atoms with Gasteiger partial charge in [0.1, 0.15) is 5.75 Å². The van der Waals surface area contributed by atoms with E-state index in [1.165, 1.54) is 11.3 Å². The Balaban J connectivity index is 2.64. The SMILES string of the molecule is COc1ccc([Si])cc1-c1nc(C)sc1C(O)O. The van der Waals surface area contributed by atoms with Crippen molar-refractivity contribution in [3.05, 3.63) is 28.1 Å². The molecular weight excluding hydrogens is 266 g/mol. The predicted octanol–water partition coefficient (Wildman–Crippen LogP) is 0.904. The Morgan fingerprint density at radius 2 is 2.11 bits per heavy atom. The van der Waals surface area contributed by atoms with Gasteiger partial charge in [-0.25, -0.2) is 4.98 Å². The molecular formula is C12H12NO3SSi. The summed E-state index contributed by atoms with van der Waals surface area (Å²) in [7, 11) is 5.01. The number of hydrogen-bond donors (Lipinski definition) is 2. The number of benzene rings is 1. The van der Waals surface area contributed by atoms with Gasteiger partial charge in [-0.15, -0.1) is 11.3 Å². The molecule has 4 nitrogen and oxygen atoms in total. The van der Waals surface area contributed by atoms with E-state index in [9.17, 15) is 10.2 Å². The average Bonchev–Trinajstić information content (AvgIpc) is 2.71. The highest BCUT2D eigenvalue weighted by Crippen LogP contribution is 2.36. The number of aliphatic hydroxyl groups is 2. The average molecular weight is 278 g/mol. The van der Waals surface area contributed by atoms with E-state index in [0.717, 1.165) is 15.8 Å². The van der Waals surface area contributed by atoms with Gasteiger partial charge in [-0.3, -0.25) is 0 Å². The monoisotopic (exact) mass is 278 g/mol. The maximum Gasteiger partial charge on any atom is 0.190 e. The van der Waals surface area contributed by atoms with Crippen LogP contribution in [-0.4, -0.2) is 32.5 Å². The zero-order chi connectivity index (χ0) is 13.3. The van der Waals surface area contributed by atoms with Gasteiger partial charge in [0, 0.05) is 5.56 Å². The highest BCUT2D eigenvalue weighted by molar-refractivity contribution is 7.12. The second-order valence-electron chi connectivity index (χ2n) is 3.73. The summed E-state index contributed by atoms with van der Waals surface area (Å²) in [4.78, 5) is 4.77. The first kappa shape index (κ1) is 13.2. The van der Waals surface area contributed by atoms with Crippen LogP contribution in [0.2, 0.25) is 0 Å². The van der Waals surface area contributed by atoms with Gasteiger partial charge >= 0.3 is 0 Å². The largest absolute Gasteiger partial charge is 0.496 e. The fourth-order valence-corrected chi connectivity index (χ4v) is 2.74. The molecule has 1 aromatic heterocycles. The molecule has 0 atom stereocenters. The highest BCUT2D eigenvalue weighted by Gasteiger charge is 2.19. The molecule has 0 aliphatic rings. The number of methoxy groups -OCH3 is 1. The van der Waals surface area contributed by atoms with Crippen molar-refractivity contribution >= 4 is 26.8 Å². The molecule has 2 aromatic rings. The molecule has 18 heavy (non-hydrogen) atoms. The van der Waals surface area contributed by atoms with Crippen molar-refractivity contribution < 1.29 is 14.9 Å². The van der Waals surface area contributed by atoms with Crippen LogP contribution in [0.25, 0.3) is 11.3 Å². The van der Waals surface area contributed by atoms with Crippen molar-refractivity contribution in [3.8, 4) is 17.0 Å². The van der Waals surface area contributed by atoms with Crippen molar-refractivity contribution in [1.82, 2.24) is 4.98 Å². The van der Waals surface area contributed by atoms with Crippen LogP contribution in [0.5, 0.6) is 5.75 Å². The van der Waals surface area contributed by atoms with E-state index in [4.69, 9.17) is 4.74 Å². The molecule has 0 unspecified atom stereocenters. The van der Waals surface area contributed by atoms with E-state index >= 15 is 0 Å². The zero-order valence-electron chi connectivity index (χ0n) is 9.97. The summed E-state index contributed by atoms with van der Waals surface area (Å²) in [5.74, 6) is 0.643. The Hall–Kier alpha value is -1.21. The molecule has 6 heteroatoms. The molecule has 1 heterocycles. The van der Waals surface area contributed by atoms with Crippen LogP contribution in [0, 0.1) is 6.92 Å². The van der Waals surface area contributed by atoms with Gasteiger partial charge in [-0.2, -0.15) is 0 Å². The summed E-state index contributed by atoms with van der Waals surface area (Å²) in [6.07, 6.45) is -1.53. The number of aliphatic hydroxyl groups excluding tert-OH is 1. The number of rotatable bonds is 3. The first-order valence-corrected chi connectivity index (χ1v) is 6.58. The third-order valence-electron chi connectivity index (χ3n) is 2.45. The van der Waals surface area contributed by atoms with Crippen molar-refractivity contribution in [2.45, 2.75) is 13.2 Å². The van der Waals surface area contributed by atoms with Crippen LogP contribution in [0.15, 0.2) is 18.2 Å². The van der Waals surface area contributed by atoms with Gasteiger partial charge in [-0.05, 0) is 13.0 Å². The fourth-order valence-electron chi connectivity index (χ4n) is 1.70. The lowest BCUT2D eigenvalue weighted by molar-refractivity contribution is -0.0392. The van der Waals surface area contributed by atoms with Crippen LogP contribution in [0.3, 0.4) is 0 Å². The molecule has 0 aliphatic heterocycles. The number of thiazole rings is 1. The number of nitrogens with zero attached hydrogens (tertiary/aromatic N) is 1. The lowest BCUT2D eigenvalue weighted by Crippen LogP contribution is -2.04. The van der Waals surface area contributed by atoms with Gasteiger partial charge in [0.25, 0.3) is 0 Å². The van der Waals surface area contributed by atoms with E-state index in [1.54, 1.807) is 13.2 Å².